The Hall–Kier alpha value is -0.950. The van der Waals surface area contributed by atoms with E-state index in [0.29, 0.717) is 19.6 Å². The highest BCUT2D eigenvalue weighted by atomic mass is 16.5. The van der Waals surface area contributed by atoms with Crippen molar-refractivity contribution in [3.8, 4) is 0 Å². The van der Waals surface area contributed by atoms with Crippen LogP contribution in [0.4, 0.5) is 0 Å². The number of ether oxygens (including phenoxy) is 1. The first kappa shape index (κ1) is 14.5. The fourth-order valence-corrected chi connectivity index (χ4v) is 2.26. The molecule has 108 valence electrons. The summed E-state index contributed by atoms with van der Waals surface area (Å²) in [5.41, 5.74) is 1.99. The molecule has 1 aliphatic heterocycles. The van der Waals surface area contributed by atoms with Crippen LogP contribution in [-0.2, 0) is 11.3 Å². The number of rotatable bonds is 6. The Morgan fingerprint density at radius 3 is 2.74 bits per heavy atom. The quantitative estimate of drug-likeness (QED) is 0.762. The van der Waals surface area contributed by atoms with Crippen molar-refractivity contribution in [2.24, 2.45) is 0 Å². The van der Waals surface area contributed by atoms with Gasteiger partial charge in [0.25, 0.3) is 0 Å². The van der Waals surface area contributed by atoms with Crippen molar-refractivity contribution in [1.29, 1.82) is 0 Å². The third kappa shape index (κ3) is 4.28. The Morgan fingerprint density at radius 2 is 2.11 bits per heavy atom. The maximum atomic E-state index is 9.98. The van der Waals surface area contributed by atoms with Crippen LogP contribution in [0.1, 0.15) is 17.0 Å². The van der Waals surface area contributed by atoms with Gasteiger partial charge in [0, 0.05) is 38.3 Å². The van der Waals surface area contributed by atoms with Crippen LogP contribution >= 0.6 is 0 Å². The van der Waals surface area contributed by atoms with Gasteiger partial charge in [-0.05, 0) is 13.8 Å². The highest BCUT2D eigenvalue weighted by Gasteiger charge is 2.15. The van der Waals surface area contributed by atoms with E-state index >= 15 is 0 Å². The second-order valence-electron chi connectivity index (χ2n) is 5.00. The number of morpholine rings is 1. The Balaban J connectivity index is 1.67. The smallest absolute Gasteiger partial charge is 0.138 e. The predicted octanol–water partition coefficient (Wildman–Crippen LogP) is 0.0741. The number of hydrogen-bond donors (Lipinski definition) is 2. The fourth-order valence-electron chi connectivity index (χ4n) is 2.26. The summed E-state index contributed by atoms with van der Waals surface area (Å²) in [5, 5.41) is 17.1. The number of aryl methyl sites for hydroxylation is 2. The standard InChI is InChI=1S/C13H23N3O3/c1-10-13(11(2)19-15-10)8-14-7-12(17)9-16-3-5-18-6-4-16/h12,14,17H,3-9H2,1-2H3. The molecule has 0 aliphatic carbocycles. The van der Waals surface area contributed by atoms with Crippen molar-refractivity contribution < 1.29 is 14.4 Å². The summed E-state index contributed by atoms with van der Waals surface area (Å²) in [7, 11) is 0. The van der Waals surface area contributed by atoms with E-state index in [1.807, 2.05) is 13.8 Å². The van der Waals surface area contributed by atoms with Crippen LogP contribution in [0.15, 0.2) is 4.52 Å². The zero-order chi connectivity index (χ0) is 13.7. The molecule has 1 aliphatic rings. The van der Waals surface area contributed by atoms with E-state index in [1.165, 1.54) is 0 Å². The van der Waals surface area contributed by atoms with Gasteiger partial charge in [0.2, 0.25) is 0 Å². The van der Waals surface area contributed by atoms with Crippen LogP contribution in [0.25, 0.3) is 0 Å². The molecule has 6 heteroatoms. The third-order valence-corrected chi connectivity index (χ3v) is 3.44. The minimum atomic E-state index is -0.362. The molecular weight excluding hydrogens is 246 g/mol. The maximum Gasteiger partial charge on any atom is 0.138 e. The number of nitrogens with zero attached hydrogens (tertiary/aromatic N) is 2. The summed E-state index contributed by atoms with van der Waals surface area (Å²) in [6.07, 6.45) is -0.362. The van der Waals surface area contributed by atoms with E-state index in [4.69, 9.17) is 9.26 Å². The van der Waals surface area contributed by atoms with Crippen molar-refractivity contribution >= 4 is 0 Å². The Labute approximate surface area is 113 Å². The second kappa shape index (κ2) is 7.00. The second-order valence-corrected chi connectivity index (χ2v) is 5.00. The Bertz CT molecular complexity index is 369. The molecule has 0 spiro atoms. The summed E-state index contributed by atoms with van der Waals surface area (Å²) in [6.45, 7) is 9.11. The summed E-state index contributed by atoms with van der Waals surface area (Å²) in [4.78, 5) is 2.23. The van der Waals surface area contributed by atoms with Crippen molar-refractivity contribution in [1.82, 2.24) is 15.4 Å². The summed E-state index contributed by atoms with van der Waals surface area (Å²) in [6, 6.07) is 0. The maximum absolute atomic E-state index is 9.98. The zero-order valence-electron chi connectivity index (χ0n) is 11.7. The van der Waals surface area contributed by atoms with Gasteiger partial charge in [-0.25, -0.2) is 0 Å². The highest BCUT2D eigenvalue weighted by Crippen LogP contribution is 2.11. The van der Waals surface area contributed by atoms with Gasteiger partial charge in [0.1, 0.15) is 5.76 Å². The van der Waals surface area contributed by atoms with Gasteiger partial charge in [0.05, 0.1) is 25.0 Å². The molecule has 0 radical (unpaired) electrons. The number of aromatic nitrogens is 1. The van der Waals surface area contributed by atoms with Gasteiger partial charge in [-0.2, -0.15) is 0 Å². The van der Waals surface area contributed by atoms with Crippen LogP contribution in [0.3, 0.4) is 0 Å². The third-order valence-electron chi connectivity index (χ3n) is 3.44. The van der Waals surface area contributed by atoms with Gasteiger partial charge >= 0.3 is 0 Å². The van der Waals surface area contributed by atoms with E-state index < -0.39 is 0 Å². The lowest BCUT2D eigenvalue weighted by molar-refractivity contribution is 0.0149. The van der Waals surface area contributed by atoms with Gasteiger partial charge in [-0.3, -0.25) is 4.90 Å². The number of aliphatic hydroxyl groups is 1. The first-order valence-corrected chi connectivity index (χ1v) is 6.77. The van der Waals surface area contributed by atoms with Gasteiger partial charge in [0.15, 0.2) is 0 Å². The lowest BCUT2D eigenvalue weighted by atomic mass is 10.2. The summed E-state index contributed by atoms with van der Waals surface area (Å²) in [5.74, 6) is 0.840. The van der Waals surface area contributed by atoms with Crippen LogP contribution < -0.4 is 5.32 Å². The average molecular weight is 269 g/mol. The average Bonchev–Trinajstić information content (AvgIpc) is 2.71. The summed E-state index contributed by atoms with van der Waals surface area (Å²) < 4.78 is 10.4. The molecule has 2 rings (SSSR count). The van der Waals surface area contributed by atoms with E-state index in [2.05, 4.69) is 15.4 Å². The molecule has 1 aromatic rings. The first-order chi connectivity index (χ1) is 9.16. The SMILES string of the molecule is Cc1noc(C)c1CNCC(O)CN1CCOCC1. The lowest BCUT2D eigenvalue weighted by Gasteiger charge is -2.28. The molecule has 1 fully saturated rings. The minimum absolute atomic E-state index is 0.362. The number of nitrogens with one attached hydrogen (secondary N) is 1. The number of β-amino-alcohol motifs (C(OH)–C–C–N with tert-alkyl or cyclic N) is 1. The first-order valence-electron chi connectivity index (χ1n) is 6.77. The molecule has 2 heterocycles. The molecule has 0 saturated carbocycles. The molecule has 6 nitrogen and oxygen atoms in total. The van der Waals surface area contributed by atoms with Gasteiger partial charge < -0.3 is 19.7 Å². The normalized spacial score (nSPS) is 18.7. The molecule has 1 atom stereocenters. The van der Waals surface area contributed by atoms with Crippen LogP contribution in [0, 0.1) is 13.8 Å². The number of aliphatic hydroxyl groups excluding tert-OH is 1. The topological polar surface area (TPSA) is 70.8 Å². The van der Waals surface area contributed by atoms with E-state index in [1.54, 1.807) is 0 Å². The highest BCUT2D eigenvalue weighted by molar-refractivity contribution is 5.20. The van der Waals surface area contributed by atoms with E-state index in [0.717, 1.165) is 43.3 Å². The molecule has 2 N–H and O–H groups in total. The Kier molecular flexibility index (Phi) is 5.33. The molecular formula is C13H23N3O3. The Morgan fingerprint density at radius 1 is 1.37 bits per heavy atom. The molecule has 1 saturated heterocycles. The molecule has 1 aromatic heterocycles. The van der Waals surface area contributed by atoms with Crippen molar-refractivity contribution in [2.45, 2.75) is 26.5 Å². The van der Waals surface area contributed by atoms with E-state index in [-0.39, 0.29) is 6.10 Å². The van der Waals surface area contributed by atoms with Crippen molar-refractivity contribution in [3.05, 3.63) is 17.0 Å². The van der Waals surface area contributed by atoms with Crippen LogP contribution in [-0.4, -0.2) is 60.7 Å². The number of hydrogen-bond acceptors (Lipinski definition) is 6. The summed E-state index contributed by atoms with van der Waals surface area (Å²) >= 11 is 0. The monoisotopic (exact) mass is 269 g/mol. The van der Waals surface area contributed by atoms with E-state index in [9.17, 15) is 5.11 Å². The fraction of sp³-hybridized carbons (Fsp3) is 0.769. The van der Waals surface area contributed by atoms with Crippen LogP contribution in [0.2, 0.25) is 0 Å². The van der Waals surface area contributed by atoms with Crippen LogP contribution in [0.5, 0.6) is 0 Å². The lowest BCUT2D eigenvalue weighted by Crippen LogP contribution is -2.43. The van der Waals surface area contributed by atoms with Gasteiger partial charge in [-0.1, -0.05) is 5.16 Å². The largest absolute Gasteiger partial charge is 0.390 e. The zero-order valence-corrected chi connectivity index (χ0v) is 11.7. The van der Waals surface area contributed by atoms with Crippen molar-refractivity contribution in [3.63, 3.8) is 0 Å². The minimum Gasteiger partial charge on any atom is -0.390 e. The van der Waals surface area contributed by atoms with Gasteiger partial charge in [-0.15, -0.1) is 0 Å². The molecule has 0 amide bonds. The van der Waals surface area contributed by atoms with Crippen molar-refractivity contribution in [2.75, 3.05) is 39.4 Å². The molecule has 19 heavy (non-hydrogen) atoms. The molecule has 1 unspecified atom stereocenters. The predicted molar refractivity (Wildman–Crippen MR) is 70.9 cm³/mol. The molecule has 0 aromatic carbocycles. The molecule has 0 bridgehead atoms.